The number of anilines is 1. The van der Waals surface area contributed by atoms with Gasteiger partial charge in [-0.25, -0.2) is 0 Å². The number of carbonyl (C=O) groups is 2. The molecule has 0 radical (unpaired) electrons. The molecule has 176 valence electrons. The Balaban J connectivity index is 1.92. The summed E-state index contributed by atoms with van der Waals surface area (Å²) in [6.45, 7) is 8.34. The first-order chi connectivity index (χ1) is 16.3. The number of aliphatic hydroxyl groups is 1. The molecule has 2 aromatic carbocycles. The van der Waals surface area contributed by atoms with Crippen LogP contribution in [0, 0.1) is 13.8 Å². The highest BCUT2D eigenvalue weighted by atomic mass is 16.5. The van der Waals surface area contributed by atoms with Crippen molar-refractivity contribution in [3.8, 4) is 11.5 Å². The molecule has 1 atom stereocenters. The summed E-state index contributed by atoms with van der Waals surface area (Å²) in [5.74, 6) is -0.587. The minimum atomic E-state index is -0.933. The fraction of sp³-hybridized carbons (Fsp3) is 0.259. The highest BCUT2D eigenvalue weighted by Crippen LogP contribution is 2.44. The zero-order valence-electron chi connectivity index (χ0n) is 19.6. The molecule has 1 aliphatic heterocycles. The number of nitrogens with zero attached hydrogens (tertiary/aromatic N) is 1. The number of Topliss-reactive ketones (excluding diaryl/α,β-unsaturated/α-hetero) is 1. The number of rotatable bonds is 7. The number of benzene rings is 2. The van der Waals surface area contributed by atoms with Crippen LogP contribution in [0.25, 0.3) is 5.76 Å². The Kier molecular flexibility index (Phi) is 6.45. The normalized spacial score (nSPS) is 17.3. The van der Waals surface area contributed by atoms with E-state index in [4.69, 9.17) is 13.9 Å². The number of amides is 1. The van der Waals surface area contributed by atoms with Gasteiger partial charge in [-0.1, -0.05) is 6.07 Å². The first-order valence-electron chi connectivity index (χ1n) is 11.2. The minimum Gasteiger partial charge on any atom is -0.507 e. The van der Waals surface area contributed by atoms with E-state index in [-0.39, 0.29) is 11.3 Å². The van der Waals surface area contributed by atoms with Gasteiger partial charge in [0.15, 0.2) is 0 Å². The first kappa shape index (κ1) is 23.2. The minimum absolute atomic E-state index is 0.0655. The van der Waals surface area contributed by atoms with E-state index in [1.165, 1.54) is 11.2 Å². The van der Waals surface area contributed by atoms with Crippen molar-refractivity contribution in [2.24, 2.45) is 0 Å². The summed E-state index contributed by atoms with van der Waals surface area (Å²) in [4.78, 5) is 27.9. The largest absolute Gasteiger partial charge is 0.507 e. The van der Waals surface area contributed by atoms with E-state index in [1.807, 2.05) is 45.9 Å². The van der Waals surface area contributed by atoms with Crippen LogP contribution in [-0.2, 0) is 9.59 Å². The van der Waals surface area contributed by atoms with Crippen molar-refractivity contribution in [3.63, 3.8) is 0 Å². The third-order valence-electron chi connectivity index (χ3n) is 5.56. The standard InChI is InChI=1S/C27H27NO6/c1-5-32-19-9-10-20(22(15-19)33-6-2)25(29)23-24(21-8-7-11-34-21)28(27(31)26(23)30)18-13-16(3)12-17(4)14-18/h7-15,24,29H,5-6H2,1-4H3/b25-23-. The zero-order chi connectivity index (χ0) is 24.4. The molecule has 34 heavy (non-hydrogen) atoms. The van der Waals surface area contributed by atoms with Gasteiger partial charge in [0, 0.05) is 11.8 Å². The Hall–Kier alpha value is -4.00. The molecule has 0 spiro atoms. The van der Waals surface area contributed by atoms with Crippen molar-refractivity contribution in [3.05, 3.63) is 82.8 Å². The number of hydrogen-bond acceptors (Lipinski definition) is 6. The van der Waals surface area contributed by atoms with E-state index < -0.39 is 17.7 Å². The third-order valence-corrected chi connectivity index (χ3v) is 5.56. The average molecular weight is 462 g/mol. The Morgan fingerprint density at radius 3 is 2.32 bits per heavy atom. The summed E-state index contributed by atoms with van der Waals surface area (Å²) in [5, 5.41) is 11.4. The smallest absolute Gasteiger partial charge is 0.300 e. The Bertz CT molecular complexity index is 1240. The Morgan fingerprint density at radius 2 is 1.71 bits per heavy atom. The molecule has 7 heteroatoms. The van der Waals surface area contributed by atoms with Gasteiger partial charge < -0.3 is 19.0 Å². The van der Waals surface area contributed by atoms with E-state index in [1.54, 1.807) is 30.3 Å². The lowest BCUT2D eigenvalue weighted by molar-refractivity contribution is -0.132. The third kappa shape index (κ3) is 4.17. The van der Waals surface area contributed by atoms with E-state index in [0.29, 0.717) is 41.7 Å². The van der Waals surface area contributed by atoms with Crippen LogP contribution in [-0.4, -0.2) is 30.0 Å². The Morgan fingerprint density at radius 1 is 1.00 bits per heavy atom. The molecular weight excluding hydrogens is 434 g/mol. The van der Waals surface area contributed by atoms with Crippen LogP contribution in [0.5, 0.6) is 11.5 Å². The van der Waals surface area contributed by atoms with Crippen LogP contribution in [0.3, 0.4) is 0 Å². The fourth-order valence-electron chi connectivity index (χ4n) is 4.28. The lowest BCUT2D eigenvalue weighted by Gasteiger charge is -2.24. The van der Waals surface area contributed by atoms with Crippen molar-refractivity contribution in [2.75, 3.05) is 18.1 Å². The second-order valence-corrected chi connectivity index (χ2v) is 8.05. The highest BCUT2D eigenvalue weighted by molar-refractivity contribution is 6.51. The van der Waals surface area contributed by atoms with E-state index in [9.17, 15) is 14.7 Å². The predicted molar refractivity (Wildman–Crippen MR) is 128 cm³/mol. The van der Waals surface area contributed by atoms with Crippen molar-refractivity contribution < 1.29 is 28.6 Å². The lowest BCUT2D eigenvalue weighted by Crippen LogP contribution is -2.29. The Labute approximate surface area is 198 Å². The number of aliphatic hydroxyl groups excluding tert-OH is 1. The van der Waals surface area contributed by atoms with E-state index >= 15 is 0 Å². The maximum Gasteiger partial charge on any atom is 0.300 e. The predicted octanol–water partition coefficient (Wildman–Crippen LogP) is 5.32. The van der Waals surface area contributed by atoms with Crippen LogP contribution in [0.15, 0.2) is 64.8 Å². The average Bonchev–Trinajstić information content (AvgIpc) is 3.40. The summed E-state index contributed by atoms with van der Waals surface area (Å²) in [7, 11) is 0. The maximum atomic E-state index is 13.3. The molecule has 1 saturated heterocycles. The van der Waals surface area contributed by atoms with Gasteiger partial charge >= 0.3 is 0 Å². The second-order valence-electron chi connectivity index (χ2n) is 8.05. The van der Waals surface area contributed by atoms with Gasteiger partial charge in [-0.15, -0.1) is 0 Å². The van der Waals surface area contributed by atoms with Crippen LogP contribution in [0.4, 0.5) is 5.69 Å². The lowest BCUT2D eigenvalue weighted by atomic mass is 9.98. The van der Waals surface area contributed by atoms with E-state index in [0.717, 1.165) is 11.1 Å². The van der Waals surface area contributed by atoms with Gasteiger partial charge in [0.25, 0.3) is 11.7 Å². The number of ether oxygens (including phenoxy) is 2. The number of carbonyl (C=O) groups excluding carboxylic acids is 2. The topological polar surface area (TPSA) is 89.2 Å². The van der Waals surface area contributed by atoms with Crippen molar-refractivity contribution in [1.82, 2.24) is 0 Å². The van der Waals surface area contributed by atoms with Crippen molar-refractivity contribution in [1.29, 1.82) is 0 Å². The monoisotopic (exact) mass is 461 g/mol. The van der Waals surface area contributed by atoms with Crippen LogP contribution in [0.1, 0.15) is 42.3 Å². The van der Waals surface area contributed by atoms with E-state index in [2.05, 4.69) is 0 Å². The number of ketones is 1. The highest BCUT2D eigenvalue weighted by Gasteiger charge is 2.48. The molecule has 7 nitrogen and oxygen atoms in total. The molecule has 1 amide bonds. The molecule has 0 bridgehead atoms. The number of hydrogen-bond donors (Lipinski definition) is 1. The summed E-state index contributed by atoms with van der Waals surface area (Å²) in [5.41, 5.74) is 2.67. The molecule has 1 N–H and O–H groups in total. The first-order valence-corrected chi connectivity index (χ1v) is 11.2. The molecule has 0 aliphatic carbocycles. The van der Waals surface area contributed by atoms with Crippen LogP contribution in [0.2, 0.25) is 0 Å². The molecule has 4 rings (SSSR count). The summed E-state index contributed by atoms with van der Waals surface area (Å²) in [6.07, 6.45) is 1.47. The maximum absolute atomic E-state index is 13.3. The van der Waals surface area contributed by atoms with Gasteiger partial charge in [0.05, 0.1) is 30.6 Å². The molecular formula is C27H27NO6. The van der Waals surface area contributed by atoms with Gasteiger partial charge in [0.2, 0.25) is 0 Å². The molecule has 2 heterocycles. The number of aryl methyl sites for hydroxylation is 2. The molecule has 1 fully saturated rings. The quantitative estimate of drug-likeness (QED) is 0.291. The van der Waals surface area contributed by atoms with Gasteiger partial charge in [-0.05, 0) is 75.2 Å². The van der Waals surface area contributed by atoms with Gasteiger partial charge in [-0.3, -0.25) is 14.5 Å². The molecule has 1 aromatic heterocycles. The van der Waals surface area contributed by atoms with Crippen molar-refractivity contribution >= 4 is 23.1 Å². The number of furan rings is 1. The van der Waals surface area contributed by atoms with Crippen molar-refractivity contribution in [2.45, 2.75) is 33.7 Å². The SMILES string of the molecule is CCOc1ccc(/C(O)=C2/C(=O)C(=O)N(c3cc(C)cc(C)c3)C2c2ccco2)c(OCC)c1. The summed E-state index contributed by atoms with van der Waals surface area (Å²) >= 11 is 0. The van der Waals surface area contributed by atoms with Gasteiger partial charge in [0.1, 0.15) is 29.1 Å². The van der Waals surface area contributed by atoms with Gasteiger partial charge in [-0.2, -0.15) is 0 Å². The molecule has 3 aromatic rings. The van der Waals surface area contributed by atoms with Crippen LogP contribution < -0.4 is 14.4 Å². The molecule has 1 aliphatic rings. The fourth-order valence-corrected chi connectivity index (χ4v) is 4.28. The second kappa shape index (κ2) is 9.47. The zero-order valence-corrected chi connectivity index (χ0v) is 19.6. The van der Waals surface area contributed by atoms with Crippen LogP contribution >= 0.6 is 0 Å². The molecule has 1 unspecified atom stereocenters. The molecule has 0 saturated carbocycles. The summed E-state index contributed by atoms with van der Waals surface area (Å²) in [6, 6.07) is 13.0. The summed E-state index contributed by atoms with van der Waals surface area (Å²) < 4.78 is 16.9.